The van der Waals surface area contributed by atoms with Gasteiger partial charge in [-0.25, -0.2) is 0 Å². The van der Waals surface area contributed by atoms with Crippen molar-refractivity contribution in [2.24, 2.45) is 5.41 Å². The monoisotopic (exact) mass is 346 g/mol. The van der Waals surface area contributed by atoms with E-state index in [1.54, 1.807) is 12.1 Å². The van der Waals surface area contributed by atoms with Crippen LogP contribution in [0.1, 0.15) is 57.3 Å². The van der Waals surface area contributed by atoms with Crippen molar-refractivity contribution in [2.75, 3.05) is 19.7 Å². The zero-order valence-electron chi connectivity index (χ0n) is 15.8. The largest absolute Gasteiger partial charge is 0.494 e. The van der Waals surface area contributed by atoms with E-state index >= 15 is 0 Å². The minimum absolute atomic E-state index is 0.00972. The highest BCUT2D eigenvalue weighted by Gasteiger charge is 2.26. The summed E-state index contributed by atoms with van der Waals surface area (Å²) in [5.74, 6) is 0.913. The molecule has 5 heteroatoms. The summed E-state index contributed by atoms with van der Waals surface area (Å²) in [6, 6.07) is 7.31. The third-order valence-electron chi connectivity index (χ3n) is 4.29. The molecule has 1 aromatic rings. The van der Waals surface area contributed by atoms with Gasteiger partial charge in [-0.1, -0.05) is 20.8 Å². The number of carbonyl (C=O) groups excluding carboxylic acids is 2. The highest BCUT2D eigenvalue weighted by molar-refractivity contribution is 5.94. The summed E-state index contributed by atoms with van der Waals surface area (Å²) in [5.41, 5.74) is 0.644. The Balaban J connectivity index is 1.81. The fourth-order valence-corrected chi connectivity index (χ4v) is 2.98. The second-order valence-corrected chi connectivity index (χ2v) is 7.82. The van der Waals surface area contributed by atoms with E-state index in [1.807, 2.05) is 24.0 Å². The van der Waals surface area contributed by atoms with Gasteiger partial charge in [0.1, 0.15) is 5.75 Å². The molecule has 1 heterocycles. The summed E-state index contributed by atoms with van der Waals surface area (Å²) in [6.07, 6.45) is 2.17. The number of nitrogens with zero attached hydrogens (tertiary/aromatic N) is 1. The van der Waals surface area contributed by atoms with E-state index in [0.29, 0.717) is 31.7 Å². The zero-order valence-corrected chi connectivity index (χ0v) is 15.8. The van der Waals surface area contributed by atoms with E-state index in [0.717, 1.165) is 18.6 Å². The molecule has 0 bridgehead atoms. The third kappa shape index (κ3) is 6.07. The molecule has 0 radical (unpaired) electrons. The van der Waals surface area contributed by atoms with E-state index < -0.39 is 0 Å². The van der Waals surface area contributed by atoms with E-state index in [1.165, 1.54) is 0 Å². The number of carbonyl (C=O) groups is 2. The Hall–Kier alpha value is -2.04. The van der Waals surface area contributed by atoms with Gasteiger partial charge in [-0.15, -0.1) is 0 Å². The van der Waals surface area contributed by atoms with Crippen molar-refractivity contribution < 1.29 is 14.3 Å². The number of piperidine rings is 1. The fraction of sp³-hybridized carbons (Fsp3) is 0.600. The van der Waals surface area contributed by atoms with Crippen LogP contribution in [0.5, 0.6) is 5.75 Å². The first kappa shape index (κ1) is 19.3. The van der Waals surface area contributed by atoms with Gasteiger partial charge in [0.2, 0.25) is 5.91 Å². The molecule has 1 fully saturated rings. The molecule has 138 valence electrons. The van der Waals surface area contributed by atoms with Crippen LogP contribution >= 0.6 is 0 Å². The summed E-state index contributed by atoms with van der Waals surface area (Å²) in [7, 11) is 0. The minimum Gasteiger partial charge on any atom is -0.494 e. The van der Waals surface area contributed by atoms with Crippen LogP contribution in [0.4, 0.5) is 0 Å². The normalized spacial score (nSPS) is 15.8. The highest BCUT2D eigenvalue weighted by Crippen LogP contribution is 2.22. The Bertz CT molecular complexity index is 582. The number of ether oxygens (including phenoxy) is 1. The summed E-state index contributed by atoms with van der Waals surface area (Å²) in [6.45, 7) is 10.2. The molecule has 0 unspecified atom stereocenters. The molecule has 0 aromatic heterocycles. The summed E-state index contributed by atoms with van der Waals surface area (Å²) in [5, 5.41) is 3.08. The first-order valence-corrected chi connectivity index (χ1v) is 9.10. The lowest BCUT2D eigenvalue weighted by Crippen LogP contribution is -2.47. The molecule has 1 aliphatic heterocycles. The summed E-state index contributed by atoms with van der Waals surface area (Å²) < 4.78 is 5.39. The van der Waals surface area contributed by atoms with Gasteiger partial charge in [-0.05, 0) is 49.4 Å². The minimum atomic E-state index is -0.0671. The van der Waals surface area contributed by atoms with Gasteiger partial charge < -0.3 is 15.0 Å². The molecule has 0 saturated carbocycles. The third-order valence-corrected chi connectivity index (χ3v) is 4.29. The summed E-state index contributed by atoms with van der Waals surface area (Å²) >= 11 is 0. The number of likely N-dealkylation sites (tertiary alicyclic amines) is 1. The van der Waals surface area contributed by atoms with Crippen LogP contribution in [0.3, 0.4) is 0 Å². The van der Waals surface area contributed by atoms with Crippen LogP contribution in [0, 0.1) is 5.41 Å². The predicted molar refractivity (Wildman–Crippen MR) is 98.8 cm³/mol. The number of benzene rings is 1. The van der Waals surface area contributed by atoms with Crippen molar-refractivity contribution in [3.63, 3.8) is 0 Å². The van der Waals surface area contributed by atoms with E-state index in [4.69, 9.17) is 4.74 Å². The Morgan fingerprint density at radius 3 is 2.28 bits per heavy atom. The molecule has 2 rings (SSSR count). The predicted octanol–water partition coefficient (Wildman–Crippen LogP) is 3.24. The lowest BCUT2D eigenvalue weighted by atomic mass is 9.91. The molecule has 1 aromatic carbocycles. The first-order valence-electron chi connectivity index (χ1n) is 9.10. The number of amides is 2. The number of nitrogens with one attached hydrogen (secondary N) is 1. The Kier molecular flexibility index (Phi) is 6.45. The standard InChI is InChI=1S/C20H30N2O3/c1-5-25-17-8-6-15(7-9-17)19(24)21-16-10-12-22(13-11-16)18(23)14-20(2,3)4/h6-9,16H,5,10-14H2,1-4H3,(H,21,24). The topological polar surface area (TPSA) is 58.6 Å². The molecule has 25 heavy (non-hydrogen) atoms. The Labute approximate surface area is 150 Å². The molecular weight excluding hydrogens is 316 g/mol. The van der Waals surface area contributed by atoms with Gasteiger partial charge in [0.05, 0.1) is 6.61 Å². The van der Waals surface area contributed by atoms with Crippen LogP contribution in [0.25, 0.3) is 0 Å². The molecule has 0 atom stereocenters. The molecule has 1 N–H and O–H groups in total. The lowest BCUT2D eigenvalue weighted by molar-refractivity contribution is -0.134. The van der Waals surface area contributed by atoms with Gasteiger partial charge in [0, 0.05) is 31.1 Å². The van der Waals surface area contributed by atoms with E-state index in [9.17, 15) is 9.59 Å². The lowest BCUT2D eigenvalue weighted by Gasteiger charge is -2.34. The SMILES string of the molecule is CCOc1ccc(C(=O)NC2CCN(C(=O)CC(C)(C)C)CC2)cc1. The maximum absolute atomic E-state index is 12.4. The number of hydrogen-bond donors (Lipinski definition) is 1. The maximum Gasteiger partial charge on any atom is 0.251 e. The van der Waals surface area contributed by atoms with Crippen molar-refractivity contribution >= 4 is 11.8 Å². The van der Waals surface area contributed by atoms with Crippen molar-refractivity contribution in [3.8, 4) is 5.75 Å². The average molecular weight is 346 g/mol. The van der Waals surface area contributed by atoms with Gasteiger partial charge in [0.25, 0.3) is 5.91 Å². The number of hydrogen-bond acceptors (Lipinski definition) is 3. The van der Waals surface area contributed by atoms with Crippen molar-refractivity contribution in [2.45, 2.75) is 53.0 Å². The molecule has 0 spiro atoms. The quantitative estimate of drug-likeness (QED) is 0.890. The highest BCUT2D eigenvalue weighted by atomic mass is 16.5. The summed E-state index contributed by atoms with van der Waals surface area (Å²) in [4.78, 5) is 26.6. The molecule has 1 saturated heterocycles. The van der Waals surface area contributed by atoms with Crippen LogP contribution in [0.15, 0.2) is 24.3 Å². The molecule has 5 nitrogen and oxygen atoms in total. The van der Waals surface area contributed by atoms with Crippen LogP contribution < -0.4 is 10.1 Å². The van der Waals surface area contributed by atoms with Gasteiger partial charge in [-0.3, -0.25) is 9.59 Å². The van der Waals surface area contributed by atoms with Crippen molar-refractivity contribution in [3.05, 3.63) is 29.8 Å². The molecule has 2 amide bonds. The Morgan fingerprint density at radius 2 is 1.76 bits per heavy atom. The van der Waals surface area contributed by atoms with Gasteiger partial charge in [-0.2, -0.15) is 0 Å². The fourth-order valence-electron chi connectivity index (χ4n) is 2.98. The molecule has 0 aliphatic carbocycles. The van der Waals surface area contributed by atoms with Crippen molar-refractivity contribution in [1.29, 1.82) is 0 Å². The molecular formula is C20H30N2O3. The smallest absolute Gasteiger partial charge is 0.251 e. The number of rotatable bonds is 5. The van der Waals surface area contributed by atoms with Crippen LogP contribution in [0.2, 0.25) is 0 Å². The first-order chi connectivity index (χ1) is 11.8. The van der Waals surface area contributed by atoms with Crippen molar-refractivity contribution in [1.82, 2.24) is 10.2 Å². The van der Waals surface area contributed by atoms with Gasteiger partial charge in [0.15, 0.2) is 0 Å². The zero-order chi connectivity index (χ0) is 18.4. The van der Waals surface area contributed by atoms with E-state index in [2.05, 4.69) is 26.1 Å². The second kappa shape index (κ2) is 8.37. The Morgan fingerprint density at radius 1 is 1.16 bits per heavy atom. The average Bonchev–Trinajstić information content (AvgIpc) is 2.55. The maximum atomic E-state index is 12.4. The molecule has 1 aliphatic rings. The second-order valence-electron chi connectivity index (χ2n) is 7.82. The van der Waals surface area contributed by atoms with Gasteiger partial charge >= 0.3 is 0 Å². The van der Waals surface area contributed by atoms with Crippen LogP contribution in [-0.2, 0) is 4.79 Å². The van der Waals surface area contributed by atoms with E-state index in [-0.39, 0.29) is 23.3 Å². The van der Waals surface area contributed by atoms with Crippen LogP contribution in [-0.4, -0.2) is 42.5 Å².